The fourth-order valence-corrected chi connectivity index (χ4v) is 4.40. The van der Waals surface area contributed by atoms with E-state index in [4.69, 9.17) is 14.7 Å². The monoisotopic (exact) mass is 388 g/mol. The largest absolute Gasteiger partial charge is 0.481 e. The zero-order valence-corrected chi connectivity index (χ0v) is 15.0. The quantitative estimate of drug-likeness (QED) is 0.567. The lowest BCUT2D eigenvalue weighted by atomic mass is 10.0. The molecule has 0 aliphatic carbocycles. The van der Waals surface area contributed by atoms with Crippen LogP contribution in [0, 0.1) is 0 Å². The Bertz CT molecular complexity index is 720. The van der Waals surface area contributed by atoms with Crippen LogP contribution in [0.5, 0.6) is 0 Å². The summed E-state index contributed by atoms with van der Waals surface area (Å²) in [5.74, 6) is -0.413. The Morgan fingerprint density at radius 2 is 1.61 bits per heavy atom. The van der Waals surface area contributed by atoms with Gasteiger partial charge < -0.3 is 14.7 Å². The van der Waals surface area contributed by atoms with Crippen molar-refractivity contribution in [2.75, 3.05) is 12.4 Å². The van der Waals surface area contributed by atoms with Crippen molar-refractivity contribution in [3.8, 4) is 0 Å². The molecule has 132 valence electrons. The molecule has 0 bridgehead atoms. The third-order valence-electron chi connectivity index (χ3n) is 2.72. The lowest BCUT2D eigenvalue weighted by Crippen LogP contribution is -2.12. The van der Waals surface area contributed by atoms with E-state index in [2.05, 4.69) is 8.83 Å². The molecule has 1 unspecified atom stereocenters. The van der Waals surface area contributed by atoms with Gasteiger partial charge in [0.05, 0.1) is 17.3 Å². The van der Waals surface area contributed by atoms with Crippen LogP contribution in [0.25, 0.3) is 0 Å². The maximum atomic E-state index is 12.0. The van der Waals surface area contributed by atoms with Crippen molar-refractivity contribution in [1.29, 1.82) is 0 Å². The molecule has 0 saturated carbocycles. The Kier molecular flexibility index (Phi) is 6.72. The van der Waals surface area contributed by atoms with Crippen LogP contribution < -0.4 is 0 Å². The predicted octanol–water partition coefficient (Wildman–Crippen LogP) is 1.81. The normalized spacial score (nSPS) is 15.6. The van der Waals surface area contributed by atoms with Gasteiger partial charge in [0.15, 0.2) is 9.84 Å². The first-order valence-electron chi connectivity index (χ1n) is 6.39. The second kappa shape index (κ2) is 7.55. The molecule has 0 aliphatic heterocycles. The molecule has 0 spiro atoms. The molecule has 1 rings (SSSR count). The highest BCUT2D eigenvalue weighted by Crippen LogP contribution is 2.57. The Labute approximate surface area is 134 Å². The smallest absolute Gasteiger partial charge is 0.302 e. The molecule has 0 aliphatic rings. The number of hydrogen-bond donors (Lipinski definition) is 3. The zero-order valence-electron chi connectivity index (χ0n) is 12.4. The highest BCUT2D eigenvalue weighted by molar-refractivity contribution is 7.91. The zero-order chi connectivity index (χ0) is 17.9. The molecule has 0 amide bonds. The van der Waals surface area contributed by atoms with Crippen LogP contribution in [0.15, 0.2) is 29.2 Å². The lowest BCUT2D eigenvalue weighted by Gasteiger charge is -2.12. The number of hydrogen-bond acceptors (Lipinski definition) is 6. The van der Waals surface area contributed by atoms with Gasteiger partial charge in [0.1, 0.15) is 0 Å². The van der Waals surface area contributed by atoms with Crippen LogP contribution in [0.4, 0.5) is 0 Å². The SMILES string of the molecule is CC(C)c1ccc(S(=O)(=O)CCOP(=O)(O)OP(=O)(O)O)cc1. The van der Waals surface area contributed by atoms with Crippen LogP contribution in [-0.4, -0.2) is 35.5 Å². The van der Waals surface area contributed by atoms with E-state index >= 15 is 0 Å². The Morgan fingerprint density at radius 3 is 2.04 bits per heavy atom. The van der Waals surface area contributed by atoms with Crippen LogP contribution in [0.3, 0.4) is 0 Å². The van der Waals surface area contributed by atoms with E-state index in [1.165, 1.54) is 12.1 Å². The van der Waals surface area contributed by atoms with Gasteiger partial charge in [-0.2, -0.15) is 4.31 Å². The Hall–Kier alpha value is -0.570. The molecular formula is C11H18O9P2S. The minimum atomic E-state index is -5.23. The summed E-state index contributed by atoms with van der Waals surface area (Å²) in [6, 6.07) is 6.14. The molecule has 0 aromatic heterocycles. The highest BCUT2D eigenvalue weighted by Gasteiger charge is 2.32. The van der Waals surface area contributed by atoms with Crippen molar-refractivity contribution in [3.05, 3.63) is 29.8 Å². The molecule has 1 atom stereocenters. The van der Waals surface area contributed by atoms with Gasteiger partial charge >= 0.3 is 15.6 Å². The third-order valence-corrected chi connectivity index (χ3v) is 6.60. The second-order valence-electron chi connectivity index (χ2n) is 4.92. The summed E-state index contributed by atoms with van der Waals surface area (Å²) >= 11 is 0. The molecule has 3 N–H and O–H groups in total. The summed E-state index contributed by atoms with van der Waals surface area (Å²) < 4.78 is 53.5. The Morgan fingerprint density at radius 1 is 1.09 bits per heavy atom. The van der Waals surface area contributed by atoms with Crippen molar-refractivity contribution in [2.45, 2.75) is 24.7 Å². The summed E-state index contributed by atoms with van der Waals surface area (Å²) in [6.45, 7) is 3.15. The number of sulfone groups is 1. The summed E-state index contributed by atoms with van der Waals surface area (Å²) in [6.07, 6.45) is 0. The topological polar surface area (TPSA) is 147 Å². The van der Waals surface area contributed by atoms with Crippen LogP contribution in [0.1, 0.15) is 25.3 Å². The first-order valence-corrected chi connectivity index (χ1v) is 11.1. The molecule has 0 saturated heterocycles. The minimum absolute atomic E-state index is 0.00850. The predicted molar refractivity (Wildman–Crippen MR) is 81.5 cm³/mol. The van der Waals surface area contributed by atoms with E-state index in [9.17, 15) is 17.5 Å². The van der Waals surface area contributed by atoms with Gasteiger partial charge in [-0.15, -0.1) is 0 Å². The Balaban J connectivity index is 2.69. The summed E-state index contributed by atoms with van der Waals surface area (Å²) in [4.78, 5) is 25.9. The molecular weight excluding hydrogens is 370 g/mol. The van der Waals surface area contributed by atoms with Crippen molar-refractivity contribution in [3.63, 3.8) is 0 Å². The van der Waals surface area contributed by atoms with Gasteiger partial charge in [-0.1, -0.05) is 26.0 Å². The summed E-state index contributed by atoms with van der Waals surface area (Å²) in [5.41, 5.74) is 0.954. The minimum Gasteiger partial charge on any atom is -0.302 e. The van der Waals surface area contributed by atoms with Gasteiger partial charge in [-0.25, -0.2) is 17.5 Å². The van der Waals surface area contributed by atoms with E-state index in [1.807, 2.05) is 13.8 Å². The van der Waals surface area contributed by atoms with E-state index in [1.54, 1.807) is 12.1 Å². The van der Waals surface area contributed by atoms with Gasteiger partial charge in [-0.3, -0.25) is 4.52 Å². The molecule has 1 aromatic carbocycles. The first-order chi connectivity index (χ1) is 10.3. The van der Waals surface area contributed by atoms with Gasteiger partial charge in [0.2, 0.25) is 0 Å². The number of phosphoric ester groups is 1. The van der Waals surface area contributed by atoms with E-state index in [0.717, 1.165) is 5.56 Å². The van der Waals surface area contributed by atoms with E-state index in [-0.39, 0.29) is 10.8 Å². The number of phosphoric acid groups is 2. The summed E-state index contributed by atoms with van der Waals surface area (Å²) in [7, 11) is -14.0. The fraction of sp³-hybridized carbons (Fsp3) is 0.455. The highest BCUT2D eigenvalue weighted by atomic mass is 32.2. The molecule has 0 radical (unpaired) electrons. The lowest BCUT2D eigenvalue weighted by molar-refractivity contribution is 0.185. The standard InChI is InChI=1S/C11H18O9P2S/c1-9(2)10-3-5-11(6-4-10)23(17,18)8-7-19-22(15,16)20-21(12,13)14/h3-6,9H,7-8H2,1-2H3,(H,15,16)(H2,12,13,14). The first kappa shape index (κ1) is 20.5. The number of rotatable bonds is 8. The maximum Gasteiger partial charge on any atom is 0.481 e. The average Bonchev–Trinajstić information content (AvgIpc) is 2.35. The van der Waals surface area contributed by atoms with E-state index < -0.39 is 37.8 Å². The van der Waals surface area contributed by atoms with Crippen LogP contribution >= 0.6 is 15.6 Å². The van der Waals surface area contributed by atoms with Crippen molar-refractivity contribution >= 4 is 25.5 Å². The maximum absolute atomic E-state index is 12.0. The van der Waals surface area contributed by atoms with Crippen molar-refractivity contribution in [1.82, 2.24) is 0 Å². The van der Waals surface area contributed by atoms with Crippen LogP contribution in [0.2, 0.25) is 0 Å². The molecule has 12 heteroatoms. The van der Waals surface area contributed by atoms with Crippen molar-refractivity contribution < 1.29 is 41.1 Å². The van der Waals surface area contributed by atoms with Crippen LogP contribution in [-0.2, 0) is 27.8 Å². The molecule has 0 heterocycles. The fourth-order valence-electron chi connectivity index (χ4n) is 1.60. The molecule has 1 aromatic rings. The van der Waals surface area contributed by atoms with Gasteiger partial charge in [0.25, 0.3) is 0 Å². The number of benzene rings is 1. The molecule has 0 fully saturated rings. The average molecular weight is 388 g/mol. The van der Waals surface area contributed by atoms with Crippen molar-refractivity contribution in [2.24, 2.45) is 0 Å². The van der Waals surface area contributed by atoms with E-state index in [0.29, 0.717) is 0 Å². The third kappa shape index (κ3) is 7.24. The summed E-state index contributed by atoms with van der Waals surface area (Å²) in [5, 5.41) is 0. The molecule has 23 heavy (non-hydrogen) atoms. The van der Waals surface area contributed by atoms with Gasteiger partial charge in [-0.05, 0) is 23.6 Å². The second-order valence-corrected chi connectivity index (χ2v) is 9.86. The van der Waals surface area contributed by atoms with Gasteiger partial charge in [0, 0.05) is 0 Å². The molecule has 9 nitrogen and oxygen atoms in total.